The summed E-state index contributed by atoms with van der Waals surface area (Å²) in [6.45, 7) is 20.7. The van der Waals surface area contributed by atoms with E-state index in [-0.39, 0.29) is 30.9 Å². The van der Waals surface area contributed by atoms with E-state index in [0.717, 1.165) is 50.9 Å². The molecule has 0 atom stereocenters. The van der Waals surface area contributed by atoms with Crippen molar-refractivity contribution >= 4 is 35.2 Å². The number of fused-ring (bicyclic) bond motifs is 3. The standard InChI is InChI=1S/C27H22NO.C19H26NSi.Ir/c1-27(2,3)19-15-16-28-23(17-19)21-12-7-13-22-25-20(18-9-5-4-6-10-18)11-8-14-24(25)29-26(21)22;1-19(2,3)13-16-12-17(15-10-8-7-9-11-15)20-14-18(16)21(4,5)6;/h4-11,13-17H,1-3H3;7-10,12,14H,13H2,1-6H3;/q2*-1;. The molecule has 3 aromatic heterocycles. The minimum absolute atomic E-state index is 0. The van der Waals surface area contributed by atoms with Crippen LogP contribution in [0.3, 0.4) is 0 Å². The summed E-state index contributed by atoms with van der Waals surface area (Å²) in [5.41, 5.74) is 11.0. The predicted octanol–water partition coefficient (Wildman–Crippen LogP) is 12.1. The molecule has 51 heavy (non-hydrogen) atoms. The molecule has 3 heterocycles. The summed E-state index contributed by atoms with van der Waals surface area (Å²) in [5, 5.41) is 3.71. The first-order chi connectivity index (χ1) is 23.7. The Balaban J connectivity index is 0.000000205. The first-order valence-electron chi connectivity index (χ1n) is 17.5. The van der Waals surface area contributed by atoms with Gasteiger partial charge in [-0.25, -0.2) is 0 Å². The van der Waals surface area contributed by atoms with E-state index in [1.54, 1.807) is 0 Å². The van der Waals surface area contributed by atoms with Crippen molar-refractivity contribution in [3.8, 4) is 33.6 Å². The molecule has 4 aromatic carbocycles. The number of pyridine rings is 2. The third-order valence-corrected chi connectivity index (χ3v) is 11.0. The van der Waals surface area contributed by atoms with Gasteiger partial charge in [-0.15, -0.1) is 54.1 Å². The number of hydrogen-bond acceptors (Lipinski definition) is 3. The number of nitrogens with zero attached hydrogens (tertiary/aromatic N) is 2. The first kappa shape index (κ1) is 38.1. The van der Waals surface area contributed by atoms with E-state index >= 15 is 0 Å². The van der Waals surface area contributed by atoms with Crippen LogP contribution < -0.4 is 5.19 Å². The Morgan fingerprint density at radius 3 is 2.14 bits per heavy atom. The van der Waals surface area contributed by atoms with Crippen molar-refractivity contribution in [3.63, 3.8) is 0 Å². The van der Waals surface area contributed by atoms with E-state index in [1.165, 1.54) is 27.4 Å². The predicted molar refractivity (Wildman–Crippen MR) is 215 cm³/mol. The van der Waals surface area contributed by atoms with Gasteiger partial charge in [0.25, 0.3) is 0 Å². The van der Waals surface area contributed by atoms with Crippen molar-refractivity contribution in [2.75, 3.05) is 0 Å². The fourth-order valence-electron chi connectivity index (χ4n) is 6.46. The molecule has 0 aliphatic heterocycles. The molecule has 1 radical (unpaired) electrons. The van der Waals surface area contributed by atoms with Crippen LogP contribution in [0.2, 0.25) is 19.6 Å². The summed E-state index contributed by atoms with van der Waals surface area (Å²) >= 11 is 0. The molecule has 3 nitrogen and oxygen atoms in total. The molecule has 0 saturated heterocycles. The van der Waals surface area contributed by atoms with Crippen LogP contribution in [0.4, 0.5) is 0 Å². The van der Waals surface area contributed by atoms with Crippen LogP contribution in [0.25, 0.3) is 55.6 Å². The maximum Gasteiger partial charge on any atom is 0.121 e. The van der Waals surface area contributed by atoms with Gasteiger partial charge in [0.1, 0.15) is 5.58 Å². The van der Waals surface area contributed by atoms with Gasteiger partial charge in [0.15, 0.2) is 0 Å². The van der Waals surface area contributed by atoms with Gasteiger partial charge in [0, 0.05) is 37.9 Å². The molecule has 0 N–H and O–H groups in total. The van der Waals surface area contributed by atoms with E-state index in [9.17, 15) is 0 Å². The smallest absolute Gasteiger partial charge is 0.121 e. The molecule has 7 rings (SSSR count). The Morgan fingerprint density at radius 2 is 1.47 bits per heavy atom. The third-order valence-electron chi connectivity index (χ3n) is 8.93. The third kappa shape index (κ3) is 8.84. The molecule has 0 spiro atoms. The summed E-state index contributed by atoms with van der Waals surface area (Å²) in [4.78, 5) is 9.34. The van der Waals surface area contributed by atoms with Crippen LogP contribution >= 0.6 is 0 Å². The molecule has 7 aromatic rings. The zero-order chi connectivity index (χ0) is 35.7. The second-order valence-corrected chi connectivity index (χ2v) is 21.5. The van der Waals surface area contributed by atoms with Crippen LogP contribution in [0.1, 0.15) is 52.7 Å². The van der Waals surface area contributed by atoms with Crippen LogP contribution in [-0.4, -0.2) is 18.0 Å². The summed E-state index contributed by atoms with van der Waals surface area (Å²) in [6.07, 6.45) is 5.08. The number of hydrogen-bond donors (Lipinski definition) is 0. The molecule has 0 amide bonds. The minimum atomic E-state index is -1.37. The molecular weight excluding hydrogens is 817 g/mol. The fraction of sp³-hybridized carbons (Fsp3) is 0.261. The number of furan rings is 1. The second-order valence-electron chi connectivity index (χ2n) is 16.4. The van der Waals surface area contributed by atoms with Crippen LogP contribution in [0.15, 0.2) is 120 Å². The SMILES string of the molecule is CC(C)(C)Cc1cc(-c2[c-]cccc2)ncc1[Si](C)(C)C.CC(C)(C)c1ccnc(-c2[c-]ccc3c2oc2cccc(-c4ccccc4)c23)c1.[Ir]. The molecule has 0 aliphatic carbocycles. The Labute approximate surface area is 319 Å². The fourth-order valence-corrected chi connectivity index (χ4v) is 8.04. The van der Waals surface area contributed by atoms with Gasteiger partial charge < -0.3 is 14.4 Å². The van der Waals surface area contributed by atoms with Gasteiger partial charge in [-0.3, -0.25) is 0 Å². The molecule has 263 valence electrons. The van der Waals surface area contributed by atoms with E-state index in [1.807, 2.05) is 42.6 Å². The van der Waals surface area contributed by atoms with Crippen LogP contribution in [-0.2, 0) is 31.9 Å². The van der Waals surface area contributed by atoms with E-state index in [0.29, 0.717) is 0 Å². The molecule has 0 fully saturated rings. The molecule has 5 heteroatoms. The van der Waals surface area contributed by atoms with Crippen molar-refractivity contribution in [3.05, 3.63) is 139 Å². The van der Waals surface area contributed by atoms with E-state index < -0.39 is 8.07 Å². The van der Waals surface area contributed by atoms with Gasteiger partial charge in [-0.1, -0.05) is 132 Å². The Hall–Kier alpha value is -4.15. The Kier molecular flexibility index (Phi) is 11.4. The summed E-state index contributed by atoms with van der Waals surface area (Å²) in [7, 11) is -1.37. The molecule has 0 unspecified atom stereocenters. The quantitative estimate of drug-likeness (QED) is 0.128. The first-order valence-corrected chi connectivity index (χ1v) is 21.0. The normalized spacial score (nSPS) is 11.9. The van der Waals surface area contributed by atoms with Crippen molar-refractivity contribution in [2.45, 2.75) is 73.0 Å². The van der Waals surface area contributed by atoms with Gasteiger partial charge in [0.2, 0.25) is 0 Å². The van der Waals surface area contributed by atoms with E-state index in [4.69, 9.17) is 9.40 Å². The number of aromatic nitrogens is 2. The summed E-state index contributed by atoms with van der Waals surface area (Å²) in [5.74, 6) is 0. The molecule has 0 aliphatic rings. The average Bonchev–Trinajstić information content (AvgIpc) is 3.47. The zero-order valence-corrected chi connectivity index (χ0v) is 34.7. The molecule has 0 bridgehead atoms. The Morgan fingerprint density at radius 1 is 0.725 bits per heavy atom. The van der Waals surface area contributed by atoms with Gasteiger partial charge in [-0.2, -0.15) is 0 Å². The van der Waals surface area contributed by atoms with Crippen molar-refractivity contribution in [1.82, 2.24) is 9.97 Å². The van der Waals surface area contributed by atoms with Gasteiger partial charge >= 0.3 is 0 Å². The monoisotopic (exact) mass is 865 g/mol. The largest absolute Gasteiger partial charge is 0.501 e. The Bertz CT molecular complexity index is 2240. The summed E-state index contributed by atoms with van der Waals surface area (Å²) in [6, 6.07) is 42.0. The second kappa shape index (κ2) is 15.2. The maximum absolute atomic E-state index is 6.35. The van der Waals surface area contributed by atoms with E-state index in [2.05, 4.69) is 151 Å². The van der Waals surface area contributed by atoms with Gasteiger partial charge in [-0.05, 0) is 62.6 Å². The molecular formula is C46H48IrN2OSi-2. The van der Waals surface area contributed by atoms with Crippen molar-refractivity contribution < 1.29 is 24.5 Å². The topological polar surface area (TPSA) is 38.9 Å². The van der Waals surface area contributed by atoms with Crippen molar-refractivity contribution in [2.24, 2.45) is 5.41 Å². The number of rotatable bonds is 5. The average molecular weight is 865 g/mol. The number of benzene rings is 4. The molecule has 0 saturated carbocycles. The van der Waals surface area contributed by atoms with Crippen LogP contribution in [0.5, 0.6) is 0 Å². The van der Waals surface area contributed by atoms with Crippen LogP contribution in [0, 0.1) is 17.5 Å². The summed E-state index contributed by atoms with van der Waals surface area (Å²) < 4.78 is 6.35. The van der Waals surface area contributed by atoms with Gasteiger partial charge in [0.05, 0.1) is 13.7 Å². The zero-order valence-electron chi connectivity index (χ0n) is 31.3. The minimum Gasteiger partial charge on any atom is -0.501 e. The maximum atomic E-state index is 6.35. The van der Waals surface area contributed by atoms with Crippen molar-refractivity contribution in [1.29, 1.82) is 0 Å².